The molecule has 0 saturated carbocycles. The third-order valence-electron chi connectivity index (χ3n) is 5.19. The van der Waals surface area contributed by atoms with E-state index < -0.39 is 0 Å². The minimum Gasteiger partial charge on any atom is -0.494 e. The average molecular weight is 444 g/mol. The van der Waals surface area contributed by atoms with Crippen molar-refractivity contribution in [2.75, 3.05) is 39.1 Å². The molecule has 31 heavy (non-hydrogen) atoms. The summed E-state index contributed by atoms with van der Waals surface area (Å²) in [6.07, 6.45) is 5.35. The van der Waals surface area contributed by atoms with E-state index in [0.29, 0.717) is 43.5 Å². The molecular formula is C23H29N3O4S. The van der Waals surface area contributed by atoms with Crippen LogP contribution in [0.2, 0.25) is 0 Å². The molecular weight excluding hydrogens is 414 g/mol. The maximum absolute atomic E-state index is 12.8. The quantitative estimate of drug-likeness (QED) is 0.599. The third kappa shape index (κ3) is 6.62. The highest BCUT2D eigenvalue weighted by atomic mass is 32.2. The van der Waals surface area contributed by atoms with E-state index in [1.54, 1.807) is 24.4 Å². The second kappa shape index (κ2) is 11.6. The number of pyridine rings is 1. The number of piperidine rings is 1. The van der Waals surface area contributed by atoms with E-state index in [-0.39, 0.29) is 18.4 Å². The number of carbonyl (C=O) groups excluding carboxylic acids is 2. The minimum absolute atomic E-state index is 0.0240. The largest absolute Gasteiger partial charge is 0.494 e. The molecule has 8 heteroatoms. The number of benzene rings is 1. The van der Waals surface area contributed by atoms with Crippen molar-refractivity contribution in [3.05, 3.63) is 48.2 Å². The molecule has 1 aromatic carbocycles. The fraction of sp³-hybridized carbons (Fsp3) is 0.435. The van der Waals surface area contributed by atoms with Crippen LogP contribution in [0.25, 0.3) is 0 Å². The molecule has 1 saturated heterocycles. The zero-order valence-corrected chi connectivity index (χ0v) is 18.8. The summed E-state index contributed by atoms with van der Waals surface area (Å²) in [5.41, 5.74) is 0.660. The number of nitrogens with zero attached hydrogens (tertiary/aromatic N) is 2. The van der Waals surface area contributed by atoms with Crippen molar-refractivity contribution >= 4 is 23.6 Å². The van der Waals surface area contributed by atoms with Gasteiger partial charge in [-0.3, -0.25) is 9.59 Å². The van der Waals surface area contributed by atoms with Gasteiger partial charge >= 0.3 is 0 Å². The Bertz CT molecular complexity index is 867. The Balaban J connectivity index is 1.38. The van der Waals surface area contributed by atoms with E-state index in [0.717, 1.165) is 23.6 Å². The van der Waals surface area contributed by atoms with Gasteiger partial charge < -0.3 is 19.7 Å². The van der Waals surface area contributed by atoms with Crippen molar-refractivity contribution in [1.29, 1.82) is 0 Å². The number of aromatic nitrogens is 1. The Morgan fingerprint density at radius 1 is 1.13 bits per heavy atom. The molecule has 2 amide bonds. The summed E-state index contributed by atoms with van der Waals surface area (Å²) in [5, 5.41) is 3.70. The van der Waals surface area contributed by atoms with Gasteiger partial charge in [0, 0.05) is 25.8 Å². The van der Waals surface area contributed by atoms with Gasteiger partial charge in [-0.1, -0.05) is 0 Å². The fourth-order valence-corrected chi connectivity index (χ4v) is 4.03. The molecule has 1 aromatic heterocycles. The van der Waals surface area contributed by atoms with E-state index >= 15 is 0 Å². The topological polar surface area (TPSA) is 80.8 Å². The molecule has 2 heterocycles. The second-order valence-electron chi connectivity index (χ2n) is 7.29. The molecule has 0 unspecified atom stereocenters. The molecule has 0 atom stereocenters. The van der Waals surface area contributed by atoms with Crippen LogP contribution in [-0.2, 0) is 4.79 Å². The van der Waals surface area contributed by atoms with Crippen molar-refractivity contribution in [1.82, 2.24) is 15.2 Å². The summed E-state index contributed by atoms with van der Waals surface area (Å²) >= 11 is 1.48. The third-order valence-corrected chi connectivity index (χ3v) is 5.90. The van der Waals surface area contributed by atoms with Crippen LogP contribution in [0.5, 0.6) is 11.5 Å². The first-order valence-corrected chi connectivity index (χ1v) is 11.7. The number of likely N-dealkylation sites (tertiary alicyclic amines) is 1. The summed E-state index contributed by atoms with van der Waals surface area (Å²) in [7, 11) is 0. The fourth-order valence-electron chi connectivity index (χ4n) is 3.48. The monoisotopic (exact) mass is 443 g/mol. The van der Waals surface area contributed by atoms with E-state index in [4.69, 9.17) is 9.47 Å². The number of hydrogen-bond donors (Lipinski definition) is 1. The van der Waals surface area contributed by atoms with Crippen molar-refractivity contribution in [3.63, 3.8) is 0 Å². The molecule has 0 spiro atoms. The zero-order chi connectivity index (χ0) is 22.1. The van der Waals surface area contributed by atoms with Gasteiger partial charge in [-0.2, -0.15) is 0 Å². The van der Waals surface area contributed by atoms with Gasteiger partial charge in [0.2, 0.25) is 0 Å². The SMILES string of the molecule is CCOc1ccc(OCC(=O)NCC2CCN(C(=O)c3cccnc3SC)CC2)cc1. The van der Waals surface area contributed by atoms with Gasteiger partial charge in [0.1, 0.15) is 16.5 Å². The van der Waals surface area contributed by atoms with Crippen molar-refractivity contribution < 1.29 is 19.1 Å². The molecule has 0 bridgehead atoms. The first kappa shape index (κ1) is 22.9. The molecule has 0 aliphatic carbocycles. The lowest BCUT2D eigenvalue weighted by molar-refractivity contribution is -0.123. The summed E-state index contributed by atoms with van der Waals surface area (Å²) < 4.78 is 10.9. The van der Waals surface area contributed by atoms with Crippen LogP contribution in [-0.4, -0.2) is 60.8 Å². The van der Waals surface area contributed by atoms with Gasteiger partial charge in [0.05, 0.1) is 12.2 Å². The maximum Gasteiger partial charge on any atom is 0.257 e. The molecule has 1 fully saturated rings. The molecule has 0 radical (unpaired) electrons. The number of hydrogen-bond acceptors (Lipinski definition) is 6. The van der Waals surface area contributed by atoms with Crippen molar-refractivity contribution in [2.24, 2.45) is 5.92 Å². The van der Waals surface area contributed by atoms with E-state index in [9.17, 15) is 9.59 Å². The number of ether oxygens (including phenoxy) is 2. The van der Waals surface area contributed by atoms with Crippen LogP contribution in [0.1, 0.15) is 30.1 Å². The average Bonchev–Trinajstić information content (AvgIpc) is 2.82. The van der Waals surface area contributed by atoms with Crippen LogP contribution in [0.3, 0.4) is 0 Å². The van der Waals surface area contributed by atoms with Gasteiger partial charge in [-0.15, -0.1) is 11.8 Å². The summed E-state index contributed by atoms with van der Waals surface area (Å²) in [6.45, 7) is 4.48. The van der Waals surface area contributed by atoms with Crippen LogP contribution in [0.4, 0.5) is 0 Å². The van der Waals surface area contributed by atoms with Crippen molar-refractivity contribution in [3.8, 4) is 11.5 Å². The number of rotatable bonds is 9. The van der Waals surface area contributed by atoms with E-state index in [1.165, 1.54) is 11.8 Å². The van der Waals surface area contributed by atoms with Crippen molar-refractivity contribution in [2.45, 2.75) is 24.8 Å². The lowest BCUT2D eigenvalue weighted by Gasteiger charge is -2.32. The van der Waals surface area contributed by atoms with E-state index in [2.05, 4.69) is 10.3 Å². The molecule has 166 valence electrons. The molecule has 2 aromatic rings. The number of carbonyl (C=O) groups is 2. The minimum atomic E-state index is -0.146. The van der Waals surface area contributed by atoms with E-state index in [1.807, 2.05) is 36.3 Å². The van der Waals surface area contributed by atoms with Crippen LogP contribution < -0.4 is 14.8 Å². The highest BCUT2D eigenvalue weighted by Crippen LogP contribution is 2.23. The Morgan fingerprint density at radius 2 is 1.81 bits per heavy atom. The van der Waals surface area contributed by atoms with Crippen LogP contribution in [0.15, 0.2) is 47.6 Å². The van der Waals surface area contributed by atoms with Gasteiger partial charge in [0.25, 0.3) is 11.8 Å². The van der Waals surface area contributed by atoms with Gasteiger partial charge in [-0.05, 0) is 68.3 Å². The highest BCUT2D eigenvalue weighted by molar-refractivity contribution is 7.98. The number of thioether (sulfide) groups is 1. The van der Waals surface area contributed by atoms with Crippen LogP contribution in [0, 0.1) is 5.92 Å². The zero-order valence-electron chi connectivity index (χ0n) is 18.0. The normalized spacial score (nSPS) is 14.2. The maximum atomic E-state index is 12.8. The lowest BCUT2D eigenvalue weighted by Crippen LogP contribution is -2.42. The lowest BCUT2D eigenvalue weighted by atomic mass is 9.96. The summed E-state index contributed by atoms with van der Waals surface area (Å²) in [6, 6.07) is 10.8. The summed E-state index contributed by atoms with van der Waals surface area (Å²) in [4.78, 5) is 31.1. The first-order chi connectivity index (χ1) is 15.1. The Morgan fingerprint density at radius 3 is 2.45 bits per heavy atom. The smallest absolute Gasteiger partial charge is 0.257 e. The van der Waals surface area contributed by atoms with Gasteiger partial charge in [-0.25, -0.2) is 4.98 Å². The first-order valence-electron chi connectivity index (χ1n) is 10.5. The predicted molar refractivity (Wildman–Crippen MR) is 121 cm³/mol. The number of amides is 2. The highest BCUT2D eigenvalue weighted by Gasteiger charge is 2.25. The number of nitrogens with one attached hydrogen (secondary N) is 1. The molecule has 7 nitrogen and oxygen atoms in total. The molecule has 1 aliphatic heterocycles. The molecule has 3 rings (SSSR count). The van der Waals surface area contributed by atoms with Gasteiger partial charge in [0.15, 0.2) is 6.61 Å². The second-order valence-corrected chi connectivity index (χ2v) is 8.09. The Kier molecular flexibility index (Phi) is 8.58. The predicted octanol–water partition coefficient (Wildman–Crippen LogP) is 3.25. The Labute approximate surface area is 187 Å². The molecule has 1 aliphatic rings. The molecule has 1 N–H and O–H groups in total. The standard InChI is InChI=1S/C23H29N3O4S/c1-3-29-18-6-8-19(9-7-18)30-16-21(27)25-15-17-10-13-26(14-11-17)23(28)20-5-4-12-24-22(20)31-2/h4-9,12,17H,3,10-11,13-16H2,1-2H3,(H,25,27). The van der Waals surface area contributed by atoms with Crippen LogP contribution >= 0.6 is 11.8 Å². The summed E-state index contributed by atoms with van der Waals surface area (Å²) in [5.74, 6) is 1.64. The Hall–Kier alpha value is -2.74.